The van der Waals surface area contributed by atoms with E-state index in [2.05, 4.69) is 45.0 Å². The maximum atomic E-state index is 12.0. The topological polar surface area (TPSA) is 85.8 Å². The van der Waals surface area contributed by atoms with Crippen LogP contribution in [-0.2, 0) is 11.3 Å². The number of rotatable bonds is 6. The maximum Gasteiger partial charge on any atom is 0.243 e. The van der Waals surface area contributed by atoms with E-state index < -0.39 is 0 Å². The van der Waals surface area contributed by atoms with Crippen LogP contribution in [0.3, 0.4) is 0 Å². The molecule has 2 aromatic heterocycles. The van der Waals surface area contributed by atoms with E-state index in [1.54, 1.807) is 18.4 Å². The highest BCUT2D eigenvalue weighted by Gasteiger charge is 2.37. The van der Waals surface area contributed by atoms with Gasteiger partial charge >= 0.3 is 0 Å². The van der Waals surface area contributed by atoms with Crippen LogP contribution in [-0.4, -0.2) is 32.7 Å². The molecule has 1 saturated carbocycles. The lowest BCUT2D eigenvalue weighted by atomic mass is 10.1. The second-order valence-corrected chi connectivity index (χ2v) is 5.94. The van der Waals surface area contributed by atoms with E-state index in [-0.39, 0.29) is 12.5 Å². The van der Waals surface area contributed by atoms with Gasteiger partial charge in [-0.2, -0.15) is 4.80 Å². The Morgan fingerprint density at radius 2 is 2.12 bits per heavy atom. The van der Waals surface area contributed by atoms with Crippen molar-refractivity contribution in [3.8, 4) is 11.6 Å². The molecule has 0 bridgehead atoms. The first-order valence-electron chi connectivity index (χ1n) is 7.93. The van der Waals surface area contributed by atoms with Crippen LogP contribution in [0.4, 0.5) is 0 Å². The van der Waals surface area contributed by atoms with E-state index in [4.69, 9.17) is 4.42 Å². The quantitative estimate of drug-likeness (QED) is 0.748. The van der Waals surface area contributed by atoms with E-state index in [0.29, 0.717) is 30.0 Å². The van der Waals surface area contributed by atoms with Crippen LogP contribution < -0.4 is 5.32 Å². The van der Waals surface area contributed by atoms with Gasteiger partial charge in [-0.1, -0.05) is 30.3 Å². The molecule has 0 saturated heterocycles. The van der Waals surface area contributed by atoms with Gasteiger partial charge in [0.25, 0.3) is 0 Å². The molecule has 1 aliphatic rings. The van der Waals surface area contributed by atoms with E-state index >= 15 is 0 Å². The Balaban J connectivity index is 1.26. The molecule has 3 aromatic rings. The van der Waals surface area contributed by atoms with Gasteiger partial charge in [0.05, 0.1) is 6.26 Å². The first-order chi connectivity index (χ1) is 11.8. The summed E-state index contributed by atoms with van der Waals surface area (Å²) < 4.78 is 5.20. The molecule has 0 aliphatic heterocycles. The summed E-state index contributed by atoms with van der Waals surface area (Å²) in [5.74, 6) is 1.86. The molecular formula is C17H17N5O2. The summed E-state index contributed by atoms with van der Waals surface area (Å²) in [7, 11) is 0. The number of aromatic nitrogens is 4. The average molecular weight is 323 g/mol. The largest absolute Gasteiger partial charge is 0.461 e. The van der Waals surface area contributed by atoms with E-state index in [9.17, 15) is 4.79 Å². The number of nitrogens with zero attached hydrogens (tertiary/aromatic N) is 4. The van der Waals surface area contributed by atoms with Gasteiger partial charge in [0.1, 0.15) is 6.54 Å². The Bertz CT molecular complexity index is 813. The van der Waals surface area contributed by atoms with Crippen molar-refractivity contribution in [3.63, 3.8) is 0 Å². The number of hydrogen-bond donors (Lipinski definition) is 1. The minimum absolute atomic E-state index is 0.0520. The van der Waals surface area contributed by atoms with Crippen molar-refractivity contribution in [1.29, 1.82) is 0 Å². The number of hydrogen-bond acceptors (Lipinski definition) is 5. The first-order valence-corrected chi connectivity index (χ1v) is 7.93. The Morgan fingerprint density at radius 3 is 2.92 bits per heavy atom. The Hall–Kier alpha value is -2.96. The fraction of sp³-hybridized carbons (Fsp3) is 0.294. The highest BCUT2D eigenvalue weighted by Crippen LogP contribution is 2.46. The molecule has 2 heterocycles. The maximum absolute atomic E-state index is 12.0. The summed E-state index contributed by atoms with van der Waals surface area (Å²) in [6.45, 7) is 0.731. The molecule has 1 amide bonds. The van der Waals surface area contributed by atoms with Crippen LogP contribution in [0.5, 0.6) is 0 Å². The second-order valence-electron chi connectivity index (χ2n) is 5.94. The zero-order chi connectivity index (χ0) is 16.4. The van der Waals surface area contributed by atoms with Crippen LogP contribution in [0, 0.1) is 5.92 Å². The van der Waals surface area contributed by atoms with Gasteiger partial charge in [-0.15, -0.1) is 10.2 Å². The predicted molar refractivity (Wildman–Crippen MR) is 85.8 cm³/mol. The van der Waals surface area contributed by atoms with Crippen molar-refractivity contribution in [2.24, 2.45) is 5.92 Å². The number of carbonyl (C=O) groups is 1. The van der Waals surface area contributed by atoms with Crippen molar-refractivity contribution in [2.45, 2.75) is 18.9 Å². The third-order valence-electron chi connectivity index (χ3n) is 4.19. The molecule has 0 radical (unpaired) electrons. The van der Waals surface area contributed by atoms with E-state index in [1.807, 2.05) is 6.07 Å². The third-order valence-corrected chi connectivity index (χ3v) is 4.19. The third kappa shape index (κ3) is 3.19. The molecule has 0 spiro atoms. The summed E-state index contributed by atoms with van der Waals surface area (Å²) in [5, 5.41) is 14.8. The van der Waals surface area contributed by atoms with E-state index in [0.717, 1.165) is 6.42 Å². The Labute approximate surface area is 138 Å². The minimum Gasteiger partial charge on any atom is -0.461 e. The zero-order valence-corrected chi connectivity index (χ0v) is 13.0. The van der Waals surface area contributed by atoms with E-state index in [1.165, 1.54) is 10.4 Å². The van der Waals surface area contributed by atoms with Gasteiger partial charge in [-0.05, 0) is 41.2 Å². The van der Waals surface area contributed by atoms with Crippen LogP contribution in [0.1, 0.15) is 17.9 Å². The molecule has 4 rings (SSSR count). The smallest absolute Gasteiger partial charge is 0.243 e. The lowest BCUT2D eigenvalue weighted by Crippen LogP contribution is -2.30. The monoisotopic (exact) mass is 323 g/mol. The molecule has 1 aliphatic carbocycles. The summed E-state index contributed by atoms with van der Waals surface area (Å²) in [4.78, 5) is 13.3. The highest BCUT2D eigenvalue weighted by molar-refractivity contribution is 5.75. The number of benzene rings is 1. The van der Waals surface area contributed by atoms with Crippen molar-refractivity contribution in [1.82, 2.24) is 25.5 Å². The van der Waals surface area contributed by atoms with Gasteiger partial charge in [0.15, 0.2) is 5.76 Å². The molecule has 1 fully saturated rings. The number of tetrazole rings is 1. The molecule has 2 atom stereocenters. The lowest BCUT2D eigenvalue weighted by molar-refractivity contribution is -0.122. The number of furan rings is 1. The SMILES string of the molecule is O=C(Cn1nnc(-c2ccco2)n1)NC[C@H]1C[C@@H]1c1ccccc1. The molecule has 7 heteroatoms. The molecule has 1 aromatic carbocycles. The normalized spacial score (nSPS) is 19.2. The number of amides is 1. The van der Waals surface area contributed by atoms with Crippen LogP contribution in [0.2, 0.25) is 0 Å². The molecule has 1 N–H and O–H groups in total. The standard InChI is InChI=1S/C17H17N5O2/c23-16(11-22-20-17(19-21-22)15-7-4-8-24-15)18-10-13-9-14(13)12-5-2-1-3-6-12/h1-8,13-14H,9-11H2,(H,18,23)/t13-,14-/m1/s1. The Morgan fingerprint density at radius 1 is 1.25 bits per heavy atom. The van der Waals surface area contributed by atoms with Gasteiger partial charge in [0.2, 0.25) is 11.7 Å². The first kappa shape index (κ1) is 14.6. The fourth-order valence-corrected chi connectivity index (χ4v) is 2.83. The van der Waals surface area contributed by atoms with Gasteiger partial charge in [-0.25, -0.2) is 0 Å². The number of carbonyl (C=O) groups excluding carboxylic acids is 1. The highest BCUT2D eigenvalue weighted by atomic mass is 16.3. The summed E-state index contributed by atoms with van der Waals surface area (Å²) in [6.07, 6.45) is 2.66. The van der Waals surface area contributed by atoms with Crippen LogP contribution in [0.25, 0.3) is 11.6 Å². The van der Waals surface area contributed by atoms with Crippen molar-refractivity contribution >= 4 is 5.91 Å². The van der Waals surface area contributed by atoms with Crippen LogP contribution in [0.15, 0.2) is 53.1 Å². The van der Waals surface area contributed by atoms with Gasteiger partial charge in [0, 0.05) is 6.54 Å². The van der Waals surface area contributed by atoms with Gasteiger partial charge < -0.3 is 9.73 Å². The zero-order valence-electron chi connectivity index (χ0n) is 13.0. The lowest BCUT2D eigenvalue weighted by Gasteiger charge is -2.04. The minimum atomic E-state index is -0.114. The van der Waals surface area contributed by atoms with Gasteiger partial charge in [-0.3, -0.25) is 4.79 Å². The summed E-state index contributed by atoms with van der Waals surface area (Å²) in [5.41, 5.74) is 1.35. The van der Waals surface area contributed by atoms with Crippen LogP contribution >= 0.6 is 0 Å². The average Bonchev–Trinajstić information content (AvgIpc) is 2.99. The molecule has 7 nitrogen and oxygen atoms in total. The summed E-state index contributed by atoms with van der Waals surface area (Å²) >= 11 is 0. The fourth-order valence-electron chi connectivity index (χ4n) is 2.83. The predicted octanol–water partition coefficient (Wildman–Crippen LogP) is 1.85. The number of nitrogens with one attached hydrogen (secondary N) is 1. The van der Waals surface area contributed by atoms with Crippen molar-refractivity contribution in [2.75, 3.05) is 6.54 Å². The van der Waals surface area contributed by atoms with Crippen molar-refractivity contribution < 1.29 is 9.21 Å². The molecule has 122 valence electrons. The van der Waals surface area contributed by atoms with Crippen molar-refractivity contribution in [3.05, 3.63) is 54.3 Å². The summed E-state index contributed by atoms with van der Waals surface area (Å²) in [6, 6.07) is 13.9. The molecular weight excluding hydrogens is 306 g/mol. The molecule has 24 heavy (non-hydrogen) atoms. The molecule has 0 unspecified atom stereocenters. The second kappa shape index (κ2) is 6.27. The Kier molecular flexibility index (Phi) is 3.82.